The lowest BCUT2D eigenvalue weighted by Gasteiger charge is -2.42. The van der Waals surface area contributed by atoms with Gasteiger partial charge in [-0.05, 0) is 53.9 Å². The second-order valence-corrected chi connectivity index (χ2v) is 8.99. The Kier molecular flexibility index (Phi) is 7.86. The summed E-state index contributed by atoms with van der Waals surface area (Å²) in [5.74, 6) is 6.66. The quantitative estimate of drug-likeness (QED) is 0.487. The van der Waals surface area contributed by atoms with E-state index in [1.54, 1.807) is 35.4 Å². The van der Waals surface area contributed by atoms with Gasteiger partial charge in [0.05, 0.1) is 0 Å². The van der Waals surface area contributed by atoms with E-state index in [0.29, 0.717) is 23.0 Å². The largest absolute Gasteiger partial charge is 0.492 e. The Morgan fingerprint density at radius 3 is 2.33 bits per heavy atom. The molecule has 2 heterocycles. The normalized spacial score (nSPS) is 20.4. The minimum atomic E-state index is -4.86. The Labute approximate surface area is 212 Å². The molecule has 2 atom stereocenters. The number of ether oxygens (including phenoxy) is 1. The Morgan fingerprint density at radius 1 is 1.03 bits per heavy atom. The molecule has 36 heavy (non-hydrogen) atoms. The zero-order valence-electron chi connectivity index (χ0n) is 19.2. The number of halogens is 4. The number of β-amino-alcohol motifs (C(OH)–C–C–N with tert-alkyl or cyclic N) is 1. The summed E-state index contributed by atoms with van der Waals surface area (Å²) in [5, 5.41) is 20.2. The summed E-state index contributed by atoms with van der Waals surface area (Å²) in [6, 6.07) is 18.4. The number of benzene rings is 2. The van der Waals surface area contributed by atoms with Gasteiger partial charge in [0.15, 0.2) is 5.60 Å². The van der Waals surface area contributed by atoms with E-state index in [0.717, 1.165) is 16.7 Å². The van der Waals surface area contributed by atoms with Gasteiger partial charge in [0.2, 0.25) is 0 Å². The summed E-state index contributed by atoms with van der Waals surface area (Å²) in [6.07, 6.45) is -5.58. The third-order valence-electron chi connectivity index (χ3n) is 6.09. The van der Waals surface area contributed by atoms with Crippen LogP contribution in [0.5, 0.6) is 5.75 Å². The average molecular weight is 517 g/mol. The van der Waals surface area contributed by atoms with Crippen LogP contribution in [0.4, 0.5) is 13.2 Å². The second-order valence-electron chi connectivity index (χ2n) is 8.55. The number of nitrogens with zero attached hydrogens (tertiary/aromatic N) is 2. The zero-order valence-corrected chi connectivity index (χ0v) is 19.9. The summed E-state index contributed by atoms with van der Waals surface area (Å²) < 4.78 is 44.6. The van der Waals surface area contributed by atoms with Gasteiger partial charge in [-0.15, -0.1) is 0 Å². The number of pyridine rings is 1. The lowest BCUT2D eigenvalue weighted by atomic mass is 9.88. The van der Waals surface area contributed by atoms with Gasteiger partial charge in [-0.2, -0.15) is 13.2 Å². The molecule has 0 bridgehead atoms. The summed E-state index contributed by atoms with van der Waals surface area (Å²) >= 11 is 5.93. The van der Waals surface area contributed by atoms with E-state index in [9.17, 15) is 23.4 Å². The number of aromatic nitrogens is 1. The van der Waals surface area contributed by atoms with Crippen molar-refractivity contribution in [3.05, 3.63) is 83.1 Å². The van der Waals surface area contributed by atoms with E-state index >= 15 is 0 Å². The highest BCUT2D eigenvalue weighted by molar-refractivity contribution is 6.30. The third-order valence-corrected chi connectivity index (χ3v) is 6.34. The zero-order chi connectivity index (χ0) is 25.8. The summed E-state index contributed by atoms with van der Waals surface area (Å²) in [7, 11) is 0. The van der Waals surface area contributed by atoms with Crippen LogP contribution in [0.25, 0.3) is 11.1 Å². The molecule has 1 fully saturated rings. The third kappa shape index (κ3) is 6.18. The van der Waals surface area contributed by atoms with Gasteiger partial charge in [0.25, 0.3) is 0 Å². The molecule has 0 radical (unpaired) electrons. The molecular weight excluding hydrogens is 493 g/mol. The van der Waals surface area contributed by atoms with Gasteiger partial charge in [0, 0.05) is 48.4 Å². The molecule has 0 aliphatic carbocycles. The van der Waals surface area contributed by atoms with E-state index in [2.05, 4.69) is 16.8 Å². The molecule has 1 aromatic heterocycles. The number of rotatable bonds is 5. The van der Waals surface area contributed by atoms with E-state index in [-0.39, 0.29) is 19.7 Å². The monoisotopic (exact) mass is 516 g/mol. The smallest absolute Gasteiger partial charge is 0.419 e. The van der Waals surface area contributed by atoms with Crippen LogP contribution in [0.1, 0.15) is 17.7 Å². The number of hydrogen-bond donors (Lipinski definition) is 2. The van der Waals surface area contributed by atoms with Gasteiger partial charge < -0.3 is 14.9 Å². The predicted octanol–water partition coefficient (Wildman–Crippen LogP) is 4.54. The van der Waals surface area contributed by atoms with Crippen molar-refractivity contribution >= 4 is 11.6 Å². The Balaban J connectivity index is 1.26. The number of aliphatic hydroxyl groups excluding tert-OH is 1. The molecule has 188 valence electrons. The van der Waals surface area contributed by atoms with Gasteiger partial charge in [0.1, 0.15) is 24.2 Å². The molecule has 1 aliphatic heterocycles. The molecule has 9 heteroatoms. The number of likely N-dealkylation sites (tertiary alicyclic amines) is 1. The summed E-state index contributed by atoms with van der Waals surface area (Å²) in [6.45, 7) is 0.290. The number of alkyl halides is 3. The van der Waals surface area contributed by atoms with Crippen molar-refractivity contribution in [3.8, 4) is 28.7 Å². The SMILES string of the molecule is O[C@@H]1CN(CCOc2ccc(C#Cc3ccc(-c4ccc(Cl)cc4)cn3)cc2)CC[C@@]1(O)C(F)(F)F. The maximum Gasteiger partial charge on any atom is 0.419 e. The first-order chi connectivity index (χ1) is 17.1. The minimum absolute atomic E-state index is 0.0136. The topological polar surface area (TPSA) is 65.8 Å². The molecule has 3 aromatic rings. The molecule has 0 unspecified atom stereocenters. The van der Waals surface area contributed by atoms with Crippen LogP contribution in [-0.2, 0) is 0 Å². The van der Waals surface area contributed by atoms with Crippen LogP contribution in [0, 0.1) is 11.8 Å². The lowest BCUT2D eigenvalue weighted by molar-refractivity contribution is -0.302. The summed E-state index contributed by atoms with van der Waals surface area (Å²) in [5.41, 5.74) is 0.330. The minimum Gasteiger partial charge on any atom is -0.492 e. The van der Waals surface area contributed by atoms with E-state index in [1.165, 1.54) is 0 Å². The first-order valence-electron chi connectivity index (χ1n) is 11.3. The fraction of sp³-hybridized carbons (Fsp3) is 0.296. The second kappa shape index (κ2) is 10.9. The van der Waals surface area contributed by atoms with Gasteiger partial charge in [-0.25, -0.2) is 4.98 Å². The average Bonchev–Trinajstić information content (AvgIpc) is 2.86. The maximum absolute atomic E-state index is 13.0. The molecule has 2 aromatic carbocycles. The highest BCUT2D eigenvalue weighted by Gasteiger charge is 2.59. The van der Waals surface area contributed by atoms with Crippen molar-refractivity contribution in [2.75, 3.05) is 26.2 Å². The molecule has 1 saturated heterocycles. The van der Waals surface area contributed by atoms with Gasteiger partial charge in [-0.3, -0.25) is 4.90 Å². The number of hydrogen-bond acceptors (Lipinski definition) is 5. The van der Waals surface area contributed by atoms with E-state index in [1.807, 2.05) is 36.4 Å². The molecule has 0 spiro atoms. The Morgan fingerprint density at radius 2 is 1.72 bits per heavy atom. The first-order valence-corrected chi connectivity index (χ1v) is 11.7. The van der Waals surface area contributed by atoms with Gasteiger partial charge >= 0.3 is 6.18 Å². The fourth-order valence-electron chi connectivity index (χ4n) is 3.86. The van der Waals surface area contributed by atoms with Gasteiger partial charge in [-0.1, -0.05) is 35.7 Å². The first kappa shape index (κ1) is 26.0. The molecule has 1 aliphatic rings. The van der Waals surface area contributed by atoms with Crippen LogP contribution in [0.15, 0.2) is 66.9 Å². The van der Waals surface area contributed by atoms with Crippen LogP contribution >= 0.6 is 11.6 Å². The van der Waals surface area contributed by atoms with Crippen molar-refractivity contribution in [1.29, 1.82) is 0 Å². The van der Waals surface area contributed by atoms with Crippen molar-refractivity contribution in [3.63, 3.8) is 0 Å². The maximum atomic E-state index is 13.0. The molecule has 0 saturated carbocycles. The molecule has 4 rings (SSSR count). The lowest BCUT2D eigenvalue weighted by Crippen LogP contribution is -2.63. The standard InChI is InChI=1S/C27H24ClF3N2O3/c28-22-7-4-20(5-8-22)21-6-10-23(32-17-21)9-1-19-2-11-24(12-3-19)36-16-15-33-14-13-26(35,25(34)18-33)27(29,30)31/h2-8,10-12,17,25,34-35H,13-16,18H2/t25-,26+/m1/s1. The highest BCUT2D eigenvalue weighted by atomic mass is 35.5. The van der Waals surface area contributed by atoms with Crippen molar-refractivity contribution in [2.45, 2.75) is 24.3 Å². The van der Waals surface area contributed by atoms with Crippen LogP contribution in [0.2, 0.25) is 5.02 Å². The molecule has 2 N–H and O–H groups in total. The molecule has 0 amide bonds. The molecule has 5 nitrogen and oxygen atoms in total. The fourth-order valence-corrected chi connectivity index (χ4v) is 3.99. The highest BCUT2D eigenvalue weighted by Crippen LogP contribution is 2.38. The van der Waals surface area contributed by atoms with Crippen LogP contribution < -0.4 is 4.74 Å². The van der Waals surface area contributed by atoms with Crippen molar-refractivity contribution in [1.82, 2.24) is 9.88 Å². The van der Waals surface area contributed by atoms with Crippen LogP contribution in [-0.4, -0.2) is 64.2 Å². The predicted molar refractivity (Wildman–Crippen MR) is 131 cm³/mol. The van der Waals surface area contributed by atoms with Crippen molar-refractivity contribution < 1.29 is 28.1 Å². The van der Waals surface area contributed by atoms with Crippen LogP contribution in [0.3, 0.4) is 0 Å². The summed E-state index contributed by atoms with van der Waals surface area (Å²) in [4.78, 5) is 6.03. The Bertz CT molecular complexity index is 1220. The van der Waals surface area contributed by atoms with Crippen molar-refractivity contribution in [2.24, 2.45) is 0 Å². The number of aliphatic hydroxyl groups is 2. The number of piperidine rings is 1. The van der Waals surface area contributed by atoms with E-state index < -0.39 is 24.3 Å². The molecular formula is C27H24ClF3N2O3. The Hall–Kier alpha value is -3.09. The van der Waals surface area contributed by atoms with E-state index in [4.69, 9.17) is 16.3 Å².